The smallest absolute Gasteiger partial charge is 0.328 e. The lowest BCUT2D eigenvalue weighted by Gasteiger charge is -2.24. The number of carbonyl (C=O) groups excluding carboxylic acids is 4. The van der Waals surface area contributed by atoms with E-state index in [0.717, 1.165) is 16.5 Å². The summed E-state index contributed by atoms with van der Waals surface area (Å²) in [7, 11) is 1.24. The summed E-state index contributed by atoms with van der Waals surface area (Å²) in [4.78, 5) is 53.4. The summed E-state index contributed by atoms with van der Waals surface area (Å²) in [5.74, 6) is -1.91. The van der Waals surface area contributed by atoms with E-state index in [1.165, 1.54) is 7.11 Å². The van der Waals surface area contributed by atoms with Crippen molar-refractivity contribution >= 4 is 34.6 Å². The Morgan fingerprint density at radius 1 is 1.18 bits per heavy atom. The van der Waals surface area contributed by atoms with Gasteiger partial charge in [-0.25, -0.2) is 4.79 Å². The van der Waals surface area contributed by atoms with Gasteiger partial charge in [-0.05, 0) is 49.8 Å². The Bertz CT molecular complexity index is 1040. The van der Waals surface area contributed by atoms with E-state index < -0.39 is 29.9 Å². The fourth-order valence-corrected chi connectivity index (χ4v) is 4.15. The number of amides is 3. The van der Waals surface area contributed by atoms with Crippen LogP contribution in [0.15, 0.2) is 24.3 Å². The second kappa shape index (κ2) is 10.5. The van der Waals surface area contributed by atoms with Gasteiger partial charge in [-0.15, -0.1) is 0 Å². The van der Waals surface area contributed by atoms with Crippen LogP contribution < -0.4 is 16.0 Å². The molecule has 9 heteroatoms. The van der Waals surface area contributed by atoms with E-state index in [4.69, 9.17) is 4.74 Å². The third kappa shape index (κ3) is 5.91. The quantitative estimate of drug-likeness (QED) is 0.428. The summed E-state index contributed by atoms with van der Waals surface area (Å²) in [6, 6.07) is 5.69. The average molecular weight is 457 g/mol. The second-order valence-electron chi connectivity index (χ2n) is 8.97. The molecule has 1 fully saturated rings. The Balaban J connectivity index is 1.74. The molecule has 4 N–H and O–H groups in total. The van der Waals surface area contributed by atoms with Crippen LogP contribution in [0.25, 0.3) is 10.9 Å². The molecule has 9 nitrogen and oxygen atoms in total. The van der Waals surface area contributed by atoms with Gasteiger partial charge in [-0.2, -0.15) is 0 Å². The summed E-state index contributed by atoms with van der Waals surface area (Å²) in [5.41, 5.74) is 2.23. The highest BCUT2D eigenvalue weighted by Crippen LogP contribution is 2.20. The maximum Gasteiger partial charge on any atom is 0.328 e. The summed E-state index contributed by atoms with van der Waals surface area (Å²) in [6.07, 6.45) is 1.12. The molecule has 178 valence electrons. The fourth-order valence-electron chi connectivity index (χ4n) is 4.15. The predicted octanol–water partition coefficient (Wildman–Crippen LogP) is 1.80. The fraction of sp³-hybridized carbons (Fsp3) is 0.500. The molecule has 0 radical (unpaired) electrons. The topological polar surface area (TPSA) is 129 Å². The predicted molar refractivity (Wildman–Crippen MR) is 123 cm³/mol. The van der Waals surface area contributed by atoms with Gasteiger partial charge in [0, 0.05) is 23.4 Å². The molecule has 1 saturated heterocycles. The van der Waals surface area contributed by atoms with Gasteiger partial charge in [0.25, 0.3) is 5.91 Å². The normalized spacial score (nSPS) is 17.5. The van der Waals surface area contributed by atoms with Crippen molar-refractivity contribution in [1.82, 2.24) is 20.9 Å². The van der Waals surface area contributed by atoms with E-state index in [1.54, 1.807) is 6.07 Å². The summed E-state index contributed by atoms with van der Waals surface area (Å²) in [5, 5.41) is 9.16. The highest BCUT2D eigenvalue weighted by Gasteiger charge is 2.34. The molecule has 2 aromatic rings. The van der Waals surface area contributed by atoms with Crippen molar-refractivity contribution in [1.29, 1.82) is 0 Å². The number of benzene rings is 1. The minimum atomic E-state index is -0.973. The number of esters is 1. The molecule has 0 bridgehead atoms. The van der Waals surface area contributed by atoms with Gasteiger partial charge in [-0.3, -0.25) is 14.4 Å². The van der Waals surface area contributed by atoms with E-state index in [1.807, 2.05) is 39.0 Å². The average Bonchev–Trinajstić information content (AvgIpc) is 3.39. The third-order valence-electron chi connectivity index (χ3n) is 5.94. The van der Waals surface area contributed by atoms with Gasteiger partial charge in [0.15, 0.2) is 0 Å². The summed E-state index contributed by atoms with van der Waals surface area (Å²) >= 11 is 0. The minimum Gasteiger partial charge on any atom is -0.467 e. The van der Waals surface area contributed by atoms with Crippen molar-refractivity contribution in [2.75, 3.05) is 13.7 Å². The molecule has 3 rings (SSSR count). The molecule has 33 heavy (non-hydrogen) atoms. The van der Waals surface area contributed by atoms with Crippen LogP contribution in [0, 0.1) is 18.8 Å². The maximum absolute atomic E-state index is 13.1. The van der Waals surface area contributed by atoms with E-state index in [-0.39, 0.29) is 24.2 Å². The number of aromatic amines is 1. The number of methoxy groups -OCH3 is 1. The first-order valence-electron chi connectivity index (χ1n) is 11.2. The van der Waals surface area contributed by atoms with Crippen molar-refractivity contribution in [3.05, 3.63) is 35.5 Å². The van der Waals surface area contributed by atoms with Gasteiger partial charge in [0.1, 0.15) is 17.8 Å². The van der Waals surface area contributed by atoms with Gasteiger partial charge in [0.05, 0.1) is 7.11 Å². The number of hydrogen-bond donors (Lipinski definition) is 4. The molecule has 1 aromatic heterocycles. The molecule has 1 aromatic carbocycles. The zero-order valence-corrected chi connectivity index (χ0v) is 19.5. The molecular formula is C24H32N4O5. The molecule has 2 heterocycles. The first-order chi connectivity index (χ1) is 15.7. The van der Waals surface area contributed by atoms with Crippen molar-refractivity contribution in [3.8, 4) is 0 Å². The second-order valence-corrected chi connectivity index (χ2v) is 8.97. The van der Waals surface area contributed by atoms with Crippen LogP contribution in [0.3, 0.4) is 0 Å². The molecule has 1 aliphatic heterocycles. The van der Waals surface area contributed by atoms with E-state index in [2.05, 4.69) is 20.9 Å². The van der Waals surface area contributed by atoms with Gasteiger partial charge < -0.3 is 25.7 Å². The molecule has 0 saturated carbocycles. The number of nitrogens with one attached hydrogen (secondary N) is 4. The van der Waals surface area contributed by atoms with Crippen molar-refractivity contribution < 1.29 is 23.9 Å². The Morgan fingerprint density at radius 2 is 1.94 bits per heavy atom. The lowest BCUT2D eigenvalue weighted by molar-refractivity contribution is -0.146. The van der Waals surface area contributed by atoms with Crippen molar-refractivity contribution in [3.63, 3.8) is 0 Å². The van der Waals surface area contributed by atoms with Crippen LogP contribution in [0.4, 0.5) is 0 Å². The Kier molecular flexibility index (Phi) is 7.73. The number of H-pyrrole nitrogens is 1. The van der Waals surface area contributed by atoms with Gasteiger partial charge in [-0.1, -0.05) is 26.0 Å². The van der Waals surface area contributed by atoms with E-state index in [0.29, 0.717) is 25.1 Å². The summed E-state index contributed by atoms with van der Waals surface area (Å²) < 4.78 is 4.84. The van der Waals surface area contributed by atoms with Crippen LogP contribution in [-0.2, 0) is 19.1 Å². The lowest BCUT2D eigenvalue weighted by Crippen LogP contribution is -2.53. The maximum atomic E-state index is 13.1. The molecule has 0 unspecified atom stereocenters. The number of carbonyl (C=O) groups is 4. The molecule has 0 aliphatic carbocycles. The zero-order chi connectivity index (χ0) is 24.1. The molecule has 3 amide bonds. The van der Waals surface area contributed by atoms with Gasteiger partial charge in [0.2, 0.25) is 11.8 Å². The van der Waals surface area contributed by atoms with Crippen LogP contribution in [0.5, 0.6) is 0 Å². The highest BCUT2D eigenvalue weighted by molar-refractivity contribution is 6.01. The van der Waals surface area contributed by atoms with Crippen LogP contribution in [-0.4, -0.2) is 54.4 Å². The number of aryl methyl sites for hydroxylation is 1. The first kappa shape index (κ1) is 24.3. The van der Waals surface area contributed by atoms with Crippen LogP contribution in [0.1, 0.15) is 49.2 Å². The summed E-state index contributed by atoms with van der Waals surface area (Å²) in [6.45, 7) is 6.39. The minimum absolute atomic E-state index is 0.114. The Hall–Kier alpha value is -3.36. The van der Waals surface area contributed by atoms with Crippen LogP contribution in [0.2, 0.25) is 0 Å². The number of rotatable bonds is 9. The highest BCUT2D eigenvalue weighted by atomic mass is 16.5. The molecule has 3 atom stereocenters. The molecule has 0 spiro atoms. The standard InChI is InChI=1S/C24H32N4O5/c1-13(2)10-18(27-23(31)19-12-16-14(3)6-5-7-17(16)26-19)22(30)28-20(24(32)33-4)11-15-8-9-25-21(15)29/h5-7,12-13,15,18,20,26H,8-11H2,1-4H3,(H,25,29)(H,27,31)(H,28,30)/t15-,18+,20-/m1/s1. The SMILES string of the molecule is COC(=O)[C@@H](C[C@H]1CCNC1=O)NC(=O)[C@H](CC(C)C)NC(=O)c1cc2c(C)cccc2[nH]1. The lowest BCUT2D eigenvalue weighted by atomic mass is 9.97. The zero-order valence-electron chi connectivity index (χ0n) is 19.5. The number of fused-ring (bicyclic) bond motifs is 1. The molecule has 1 aliphatic rings. The molecular weight excluding hydrogens is 424 g/mol. The third-order valence-corrected chi connectivity index (χ3v) is 5.94. The monoisotopic (exact) mass is 456 g/mol. The number of hydrogen-bond acceptors (Lipinski definition) is 5. The Labute approximate surface area is 193 Å². The first-order valence-corrected chi connectivity index (χ1v) is 11.2. The van der Waals surface area contributed by atoms with Crippen molar-refractivity contribution in [2.45, 2.75) is 52.1 Å². The largest absolute Gasteiger partial charge is 0.467 e. The van der Waals surface area contributed by atoms with Gasteiger partial charge >= 0.3 is 5.97 Å². The number of ether oxygens (including phenoxy) is 1. The van der Waals surface area contributed by atoms with E-state index in [9.17, 15) is 19.2 Å². The van der Waals surface area contributed by atoms with Crippen molar-refractivity contribution in [2.24, 2.45) is 11.8 Å². The number of aromatic nitrogens is 1. The van der Waals surface area contributed by atoms with Crippen LogP contribution >= 0.6 is 0 Å². The van der Waals surface area contributed by atoms with E-state index >= 15 is 0 Å². The Morgan fingerprint density at radius 3 is 2.55 bits per heavy atom.